The van der Waals surface area contributed by atoms with Crippen LogP contribution in [0.5, 0.6) is 0 Å². The molecule has 8 nitrogen and oxygen atoms in total. The normalized spacial score (nSPS) is 16.6. The average Bonchev–Trinajstić information content (AvgIpc) is 3.35. The van der Waals surface area contributed by atoms with E-state index in [0.717, 1.165) is 10.1 Å². The van der Waals surface area contributed by atoms with Crippen molar-refractivity contribution >= 4 is 40.2 Å². The fourth-order valence-electron chi connectivity index (χ4n) is 3.29. The molecule has 0 spiro atoms. The molecule has 0 aliphatic carbocycles. The van der Waals surface area contributed by atoms with E-state index in [2.05, 4.69) is 21.1 Å². The van der Waals surface area contributed by atoms with Gasteiger partial charge in [0.1, 0.15) is 5.54 Å². The molecule has 10 heteroatoms. The van der Waals surface area contributed by atoms with Crippen molar-refractivity contribution in [3.05, 3.63) is 30.1 Å². The second kappa shape index (κ2) is 9.45. The van der Waals surface area contributed by atoms with E-state index in [-0.39, 0.29) is 12.6 Å². The first kappa shape index (κ1) is 22.1. The number of terminal acetylenes is 1. The molecule has 0 N–H and O–H groups in total. The Morgan fingerprint density at radius 3 is 2.77 bits per heavy atom. The molecule has 1 fully saturated rings. The third-order valence-electron chi connectivity index (χ3n) is 5.03. The summed E-state index contributed by atoms with van der Waals surface area (Å²) in [5.41, 5.74) is -0.465. The molecule has 3 heterocycles. The summed E-state index contributed by atoms with van der Waals surface area (Å²) in [7, 11) is 0. The van der Waals surface area contributed by atoms with Gasteiger partial charge in [0, 0.05) is 12.4 Å². The minimum atomic E-state index is -0.872. The van der Waals surface area contributed by atoms with Gasteiger partial charge < -0.3 is 9.64 Å². The number of thioether (sulfide) groups is 1. The van der Waals surface area contributed by atoms with Gasteiger partial charge in [0.15, 0.2) is 4.34 Å². The number of hydrogen-bond acceptors (Lipinski definition) is 8. The first-order valence-corrected chi connectivity index (χ1v) is 11.5. The quantitative estimate of drug-likeness (QED) is 0.265. The second-order valence-corrected chi connectivity index (χ2v) is 9.00. The van der Waals surface area contributed by atoms with Crippen LogP contribution in [0.2, 0.25) is 0 Å². The standard InChI is InChI=1S/C20H23N5O3S2/c1-5-20(6-2,7-3)24-13-15(28-16(26)14-10-9-11-21-12-14)25(19(24)27)17-22-23-18(30-17)29-8-4/h1,9-12,15H,6-8,13H2,2-4H3. The number of hydrogen-bond donors (Lipinski definition) is 0. The molecule has 2 aromatic heterocycles. The summed E-state index contributed by atoms with van der Waals surface area (Å²) in [6.07, 6.45) is 9.11. The lowest BCUT2D eigenvalue weighted by Gasteiger charge is -2.35. The summed E-state index contributed by atoms with van der Waals surface area (Å²) < 4.78 is 6.45. The van der Waals surface area contributed by atoms with E-state index >= 15 is 0 Å². The van der Waals surface area contributed by atoms with Crippen LogP contribution in [0.1, 0.15) is 44.0 Å². The van der Waals surface area contributed by atoms with Crippen LogP contribution in [0.3, 0.4) is 0 Å². The fraction of sp³-hybridized carbons (Fsp3) is 0.450. The number of pyridine rings is 1. The molecule has 2 amide bonds. The van der Waals surface area contributed by atoms with Gasteiger partial charge in [-0.15, -0.1) is 16.6 Å². The predicted molar refractivity (Wildman–Crippen MR) is 116 cm³/mol. The summed E-state index contributed by atoms with van der Waals surface area (Å²) in [6.45, 7) is 6.04. The Morgan fingerprint density at radius 2 is 2.17 bits per heavy atom. The van der Waals surface area contributed by atoms with Gasteiger partial charge in [0.2, 0.25) is 11.4 Å². The lowest BCUT2D eigenvalue weighted by Crippen LogP contribution is -2.49. The van der Waals surface area contributed by atoms with Crippen LogP contribution < -0.4 is 4.90 Å². The summed E-state index contributed by atoms with van der Waals surface area (Å²) >= 11 is 2.82. The highest BCUT2D eigenvalue weighted by Gasteiger charge is 2.49. The number of carbonyl (C=O) groups excluding carboxylic acids is 2. The first-order valence-electron chi connectivity index (χ1n) is 9.65. The zero-order valence-corrected chi connectivity index (χ0v) is 18.7. The molecule has 0 bridgehead atoms. The third kappa shape index (κ3) is 4.13. The van der Waals surface area contributed by atoms with Crippen molar-refractivity contribution in [2.45, 2.75) is 49.7 Å². The van der Waals surface area contributed by atoms with Gasteiger partial charge >= 0.3 is 12.0 Å². The number of carbonyl (C=O) groups is 2. The fourth-order valence-corrected chi connectivity index (χ4v) is 5.06. The van der Waals surface area contributed by atoms with Crippen molar-refractivity contribution in [2.24, 2.45) is 0 Å². The molecule has 0 radical (unpaired) electrons. The van der Waals surface area contributed by atoms with Crippen molar-refractivity contribution in [1.82, 2.24) is 20.1 Å². The molecule has 1 aliphatic heterocycles. The summed E-state index contributed by atoms with van der Waals surface area (Å²) in [5, 5.41) is 8.67. The first-order chi connectivity index (χ1) is 14.5. The molecule has 30 heavy (non-hydrogen) atoms. The maximum Gasteiger partial charge on any atom is 0.341 e. The van der Waals surface area contributed by atoms with Crippen molar-refractivity contribution < 1.29 is 14.3 Å². The van der Waals surface area contributed by atoms with Crippen molar-refractivity contribution in [1.29, 1.82) is 0 Å². The van der Waals surface area contributed by atoms with Crippen LogP contribution in [0.4, 0.5) is 9.93 Å². The Morgan fingerprint density at radius 1 is 1.40 bits per heavy atom. The molecule has 1 atom stereocenters. The molecular weight excluding hydrogens is 422 g/mol. The summed E-state index contributed by atoms with van der Waals surface area (Å²) in [6, 6.07) is 2.92. The lowest BCUT2D eigenvalue weighted by molar-refractivity contribution is 0.0297. The van der Waals surface area contributed by atoms with Gasteiger partial charge in [0.05, 0.1) is 12.1 Å². The molecule has 3 rings (SSSR count). The van der Waals surface area contributed by atoms with Crippen LogP contribution in [0.25, 0.3) is 0 Å². The Bertz CT molecular complexity index is 939. The summed E-state index contributed by atoms with van der Waals surface area (Å²) in [5.74, 6) is 3.05. The summed E-state index contributed by atoms with van der Waals surface area (Å²) in [4.78, 5) is 33.0. The molecule has 0 aromatic carbocycles. The van der Waals surface area contributed by atoms with Gasteiger partial charge in [-0.1, -0.05) is 49.8 Å². The van der Waals surface area contributed by atoms with Crippen LogP contribution in [0, 0.1) is 12.3 Å². The number of aromatic nitrogens is 3. The zero-order chi connectivity index (χ0) is 21.7. The Balaban J connectivity index is 1.95. The second-order valence-electron chi connectivity index (χ2n) is 6.53. The van der Waals surface area contributed by atoms with Crippen molar-refractivity contribution in [3.63, 3.8) is 0 Å². The highest BCUT2D eigenvalue weighted by Crippen LogP contribution is 2.36. The number of urea groups is 1. The highest BCUT2D eigenvalue weighted by atomic mass is 32.2. The maximum atomic E-state index is 13.4. The molecule has 2 aromatic rings. The zero-order valence-electron chi connectivity index (χ0n) is 17.1. The largest absolute Gasteiger partial charge is 0.435 e. The van der Waals surface area contributed by atoms with Gasteiger partial charge in [-0.3, -0.25) is 4.98 Å². The van der Waals surface area contributed by atoms with E-state index < -0.39 is 17.7 Å². The molecule has 158 valence electrons. The van der Waals surface area contributed by atoms with Gasteiger partial charge in [-0.05, 0) is 30.7 Å². The van der Waals surface area contributed by atoms with Gasteiger partial charge in [-0.2, -0.15) is 0 Å². The average molecular weight is 446 g/mol. The number of amides is 2. The Hall–Kier alpha value is -2.64. The van der Waals surface area contributed by atoms with Crippen molar-refractivity contribution in [3.8, 4) is 12.3 Å². The SMILES string of the molecule is C#CC(CC)(CC)N1CC(OC(=O)c2cccnc2)N(c2nnc(SCC)s2)C1=O. The van der Waals surface area contributed by atoms with Gasteiger partial charge in [-0.25, -0.2) is 14.5 Å². The van der Waals surface area contributed by atoms with Crippen molar-refractivity contribution in [2.75, 3.05) is 17.2 Å². The van der Waals surface area contributed by atoms with Crippen LogP contribution >= 0.6 is 23.1 Å². The minimum absolute atomic E-state index is 0.145. The number of nitrogens with zero attached hydrogens (tertiary/aromatic N) is 5. The number of ether oxygens (including phenoxy) is 1. The van der Waals surface area contributed by atoms with E-state index in [0.29, 0.717) is 23.5 Å². The number of esters is 1. The molecule has 1 aliphatic rings. The molecule has 0 saturated carbocycles. The highest BCUT2D eigenvalue weighted by molar-refractivity contribution is 8.01. The maximum absolute atomic E-state index is 13.4. The number of anilines is 1. The van der Waals surface area contributed by atoms with Crippen LogP contribution in [-0.4, -0.2) is 56.1 Å². The Kier molecular flexibility index (Phi) is 6.95. The third-order valence-corrected chi connectivity index (χ3v) is 6.97. The topological polar surface area (TPSA) is 88.5 Å². The predicted octanol–water partition coefficient (Wildman–Crippen LogP) is 3.66. The molecular formula is C20H23N5O3S2. The van der Waals surface area contributed by atoms with E-state index in [1.807, 2.05) is 20.8 Å². The monoisotopic (exact) mass is 445 g/mol. The van der Waals surface area contributed by atoms with E-state index in [9.17, 15) is 9.59 Å². The minimum Gasteiger partial charge on any atom is -0.435 e. The Labute approximate surface area is 184 Å². The van der Waals surface area contributed by atoms with E-state index in [1.54, 1.807) is 23.2 Å². The van der Waals surface area contributed by atoms with E-state index in [1.165, 1.54) is 34.2 Å². The van der Waals surface area contributed by atoms with E-state index in [4.69, 9.17) is 11.2 Å². The lowest BCUT2D eigenvalue weighted by atomic mass is 9.92. The number of rotatable bonds is 8. The molecule has 1 unspecified atom stereocenters. The smallest absolute Gasteiger partial charge is 0.341 e. The van der Waals surface area contributed by atoms with Crippen LogP contribution in [-0.2, 0) is 4.74 Å². The molecule has 1 saturated heterocycles. The van der Waals surface area contributed by atoms with Crippen LogP contribution in [0.15, 0.2) is 28.9 Å². The van der Waals surface area contributed by atoms with Gasteiger partial charge in [0.25, 0.3) is 0 Å².